The van der Waals surface area contributed by atoms with Gasteiger partial charge in [0, 0.05) is 38.1 Å². The molecule has 1 atom stereocenters. The monoisotopic (exact) mass is 372 g/mol. The quantitative estimate of drug-likeness (QED) is 0.579. The zero-order chi connectivity index (χ0) is 18.0. The van der Waals surface area contributed by atoms with E-state index in [1.807, 2.05) is 7.05 Å². The number of nitrogens with zero attached hydrogens (tertiary/aromatic N) is 2. The van der Waals surface area contributed by atoms with Crippen molar-refractivity contribution in [3.05, 3.63) is 58.3 Å². The zero-order valence-corrected chi connectivity index (χ0v) is 16.2. The van der Waals surface area contributed by atoms with Crippen molar-refractivity contribution in [3.8, 4) is 0 Å². The summed E-state index contributed by atoms with van der Waals surface area (Å²) in [6.45, 7) is 5.24. The molecule has 0 saturated carbocycles. The molecule has 0 amide bonds. The van der Waals surface area contributed by atoms with E-state index in [1.54, 1.807) is 11.3 Å². The molecule has 1 unspecified atom stereocenters. The number of ether oxygens (including phenoxy) is 1. The molecule has 0 bridgehead atoms. The smallest absolute Gasteiger partial charge is 0.191 e. The Morgan fingerprint density at radius 1 is 1.15 bits per heavy atom. The van der Waals surface area contributed by atoms with E-state index in [2.05, 4.69) is 68.4 Å². The maximum atomic E-state index is 5.52. The lowest BCUT2D eigenvalue weighted by molar-refractivity contribution is 0.0170. The molecular formula is C20H28N4OS. The molecule has 1 aliphatic heterocycles. The minimum absolute atomic E-state index is 0.316. The number of hydrogen-bond acceptors (Lipinski definition) is 4. The number of guanidine groups is 1. The van der Waals surface area contributed by atoms with E-state index in [-0.39, 0.29) is 0 Å². The topological polar surface area (TPSA) is 48.9 Å². The predicted octanol–water partition coefficient (Wildman–Crippen LogP) is 2.53. The van der Waals surface area contributed by atoms with Gasteiger partial charge in [-0.15, -0.1) is 11.3 Å². The molecule has 0 spiro atoms. The highest BCUT2D eigenvalue weighted by Crippen LogP contribution is 2.21. The Hall–Kier alpha value is -1.89. The predicted molar refractivity (Wildman–Crippen MR) is 109 cm³/mol. The van der Waals surface area contributed by atoms with Crippen molar-refractivity contribution in [1.29, 1.82) is 0 Å². The first kappa shape index (κ1) is 18.9. The lowest BCUT2D eigenvalue weighted by Gasteiger charge is -2.35. The van der Waals surface area contributed by atoms with Crippen LogP contribution in [-0.4, -0.2) is 57.3 Å². The Kier molecular flexibility index (Phi) is 7.49. The molecule has 6 heteroatoms. The Bertz CT molecular complexity index is 654. The Balaban J connectivity index is 1.55. The second-order valence-corrected chi connectivity index (χ2v) is 7.32. The van der Waals surface area contributed by atoms with Crippen LogP contribution in [0.15, 0.2) is 52.8 Å². The standard InChI is InChI=1S/C20H28N4OS/c1-21-20(22-10-9-18-8-5-15-26-18)23-16-19(17-6-3-2-4-7-17)24-11-13-25-14-12-24/h2-8,15,19H,9-14,16H2,1H3,(H2,21,22,23). The van der Waals surface area contributed by atoms with Crippen molar-refractivity contribution >= 4 is 17.3 Å². The first-order valence-corrected chi connectivity index (χ1v) is 10.1. The molecule has 1 fully saturated rings. The van der Waals surface area contributed by atoms with Gasteiger partial charge in [0.25, 0.3) is 0 Å². The molecule has 140 valence electrons. The van der Waals surface area contributed by atoms with E-state index in [1.165, 1.54) is 10.4 Å². The first-order valence-electron chi connectivity index (χ1n) is 9.20. The number of morpholine rings is 1. The molecule has 0 aliphatic carbocycles. The number of rotatable bonds is 7. The normalized spacial score (nSPS) is 17.0. The highest BCUT2D eigenvalue weighted by atomic mass is 32.1. The fourth-order valence-corrected chi connectivity index (χ4v) is 3.90. The van der Waals surface area contributed by atoms with Crippen LogP contribution in [0.25, 0.3) is 0 Å². The first-order chi connectivity index (χ1) is 12.9. The second-order valence-electron chi connectivity index (χ2n) is 6.28. The molecule has 0 radical (unpaired) electrons. The van der Waals surface area contributed by atoms with Crippen LogP contribution in [0.2, 0.25) is 0 Å². The number of hydrogen-bond donors (Lipinski definition) is 2. The maximum absolute atomic E-state index is 5.52. The molecule has 26 heavy (non-hydrogen) atoms. The van der Waals surface area contributed by atoms with Gasteiger partial charge in [0.1, 0.15) is 0 Å². The molecule has 5 nitrogen and oxygen atoms in total. The minimum atomic E-state index is 0.316. The maximum Gasteiger partial charge on any atom is 0.191 e. The Morgan fingerprint density at radius 3 is 2.65 bits per heavy atom. The van der Waals surface area contributed by atoms with Crippen LogP contribution in [0.3, 0.4) is 0 Å². The lowest BCUT2D eigenvalue weighted by Crippen LogP contribution is -2.46. The molecular weight excluding hydrogens is 344 g/mol. The summed E-state index contributed by atoms with van der Waals surface area (Å²) >= 11 is 1.80. The van der Waals surface area contributed by atoms with Crippen molar-refractivity contribution < 1.29 is 4.74 Å². The molecule has 1 saturated heterocycles. The number of benzene rings is 1. The second kappa shape index (κ2) is 10.3. The third kappa shape index (κ3) is 5.56. The van der Waals surface area contributed by atoms with Crippen molar-refractivity contribution in [2.75, 3.05) is 46.4 Å². The highest BCUT2D eigenvalue weighted by Gasteiger charge is 2.22. The third-order valence-corrected chi connectivity index (χ3v) is 5.54. The SMILES string of the molecule is CN=C(NCCc1cccs1)NCC(c1ccccc1)N1CCOCC1. The summed E-state index contributed by atoms with van der Waals surface area (Å²) in [4.78, 5) is 8.26. The Labute approximate surface area is 160 Å². The molecule has 2 heterocycles. The van der Waals surface area contributed by atoms with Crippen LogP contribution in [-0.2, 0) is 11.2 Å². The fraction of sp³-hybridized carbons (Fsp3) is 0.450. The largest absolute Gasteiger partial charge is 0.379 e. The van der Waals surface area contributed by atoms with Crippen molar-refractivity contribution in [2.24, 2.45) is 4.99 Å². The fourth-order valence-electron chi connectivity index (χ4n) is 3.20. The third-order valence-electron chi connectivity index (χ3n) is 4.60. The highest BCUT2D eigenvalue weighted by molar-refractivity contribution is 7.09. The van der Waals surface area contributed by atoms with Crippen LogP contribution in [0, 0.1) is 0 Å². The molecule has 1 aromatic heterocycles. The van der Waals surface area contributed by atoms with Gasteiger partial charge in [-0.25, -0.2) is 0 Å². The van der Waals surface area contributed by atoms with Crippen LogP contribution >= 0.6 is 11.3 Å². The van der Waals surface area contributed by atoms with Gasteiger partial charge in [0.05, 0.1) is 19.3 Å². The summed E-state index contributed by atoms with van der Waals surface area (Å²) in [6, 6.07) is 15.3. The van der Waals surface area contributed by atoms with Gasteiger partial charge in [-0.05, 0) is 23.4 Å². The van der Waals surface area contributed by atoms with Gasteiger partial charge in [-0.1, -0.05) is 36.4 Å². The summed E-state index contributed by atoms with van der Waals surface area (Å²) in [5, 5.41) is 9.05. The summed E-state index contributed by atoms with van der Waals surface area (Å²) in [6.07, 6.45) is 1.02. The summed E-state index contributed by atoms with van der Waals surface area (Å²) < 4.78 is 5.52. The van der Waals surface area contributed by atoms with Crippen molar-refractivity contribution in [2.45, 2.75) is 12.5 Å². The van der Waals surface area contributed by atoms with Crippen LogP contribution < -0.4 is 10.6 Å². The van der Waals surface area contributed by atoms with Gasteiger partial charge in [-0.2, -0.15) is 0 Å². The Morgan fingerprint density at radius 2 is 1.96 bits per heavy atom. The lowest BCUT2D eigenvalue weighted by atomic mass is 10.0. The van der Waals surface area contributed by atoms with Crippen molar-refractivity contribution in [3.63, 3.8) is 0 Å². The van der Waals surface area contributed by atoms with Crippen LogP contribution in [0.1, 0.15) is 16.5 Å². The van der Waals surface area contributed by atoms with E-state index < -0.39 is 0 Å². The van der Waals surface area contributed by atoms with Gasteiger partial charge >= 0.3 is 0 Å². The number of aliphatic imine (C=N–C) groups is 1. The van der Waals surface area contributed by atoms with Crippen LogP contribution in [0.5, 0.6) is 0 Å². The van der Waals surface area contributed by atoms with Gasteiger partial charge < -0.3 is 15.4 Å². The van der Waals surface area contributed by atoms with E-state index >= 15 is 0 Å². The van der Waals surface area contributed by atoms with Crippen molar-refractivity contribution in [1.82, 2.24) is 15.5 Å². The summed E-state index contributed by atoms with van der Waals surface area (Å²) in [7, 11) is 1.83. The minimum Gasteiger partial charge on any atom is -0.379 e. The van der Waals surface area contributed by atoms with E-state index in [4.69, 9.17) is 4.74 Å². The molecule has 1 aromatic carbocycles. The van der Waals surface area contributed by atoms with E-state index in [0.29, 0.717) is 6.04 Å². The molecule has 3 rings (SSSR count). The molecule has 2 N–H and O–H groups in total. The van der Waals surface area contributed by atoms with E-state index in [9.17, 15) is 0 Å². The summed E-state index contributed by atoms with van der Waals surface area (Å²) in [5.74, 6) is 0.857. The average Bonchev–Trinajstić information content (AvgIpc) is 3.22. The van der Waals surface area contributed by atoms with E-state index in [0.717, 1.165) is 51.8 Å². The zero-order valence-electron chi connectivity index (χ0n) is 15.4. The van der Waals surface area contributed by atoms with Gasteiger partial charge in [0.2, 0.25) is 0 Å². The number of thiophene rings is 1. The molecule has 2 aromatic rings. The van der Waals surface area contributed by atoms with Crippen LogP contribution in [0.4, 0.5) is 0 Å². The van der Waals surface area contributed by atoms with Gasteiger partial charge in [0.15, 0.2) is 5.96 Å². The van der Waals surface area contributed by atoms with Gasteiger partial charge in [-0.3, -0.25) is 9.89 Å². The average molecular weight is 373 g/mol. The molecule has 1 aliphatic rings. The number of nitrogens with one attached hydrogen (secondary N) is 2. The summed E-state index contributed by atoms with van der Waals surface area (Å²) in [5.41, 5.74) is 1.33.